The molecule has 5 rings (SSSR count). The molecule has 32 heavy (non-hydrogen) atoms. The summed E-state index contributed by atoms with van der Waals surface area (Å²) >= 11 is 1.71. The Hall–Kier alpha value is -3.04. The SMILES string of the molecule is Cc1cnc(-c2ccc3sc4ccc(F)c(-c5ccccc5)c4c3c2)cc1CC(C)(C)C. The summed E-state index contributed by atoms with van der Waals surface area (Å²) in [6.07, 6.45) is 2.97. The number of hydrogen-bond donors (Lipinski definition) is 0. The van der Waals surface area contributed by atoms with Gasteiger partial charge in [-0.1, -0.05) is 57.2 Å². The zero-order valence-corrected chi connectivity index (χ0v) is 19.7. The third-order valence-electron chi connectivity index (χ3n) is 5.88. The molecule has 0 N–H and O–H groups in total. The van der Waals surface area contributed by atoms with E-state index >= 15 is 4.39 Å². The van der Waals surface area contributed by atoms with Crippen molar-refractivity contribution in [3.63, 3.8) is 0 Å². The first kappa shape index (κ1) is 20.8. The van der Waals surface area contributed by atoms with Gasteiger partial charge in [-0.25, -0.2) is 4.39 Å². The zero-order chi connectivity index (χ0) is 22.5. The molecule has 0 amide bonds. The van der Waals surface area contributed by atoms with Crippen LogP contribution in [0.5, 0.6) is 0 Å². The van der Waals surface area contributed by atoms with Crippen LogP contribution in [0.25, 0.3) is 42.6 Å². The molecule has 0 fully saturated rings. The number of pyridine rings is 1. The van der Waals surface area contributed by atoms with E-state index in [9.17, 15) is 0 Å². The average molecular weight is 440 g/mol. The van der Waals surface area contributed by atoms with Crippen molar-refractivity contribution in [3.05, 3.63) is 89.9 Å². The van der Waals surface area contributed by atoms with E-state index in [0.29, 0.717) is 5.56 Å². The van der Waals surface area contributed by atoms with Gasteiger partial charge >= 0.3 is 0 Å². The van der Waals surface area contributed by atoms with Gasteiger partial charge in [0.05, 0.1) is 5.69 Å². The van der Waals surface area contributed by atoms with E-state index in [0.717, 1.165) is 43.4 Å². The fraction of sp³-hybridized carbons (Fsp3) is 0.207. The maximum Gasteiger partial charge on any atom is 0.131 e. The van der Waals surface area contributed by atoms with Crippen molar-refractivity contribution in [2.45, 2.75) is 34.1 Å². The molecule has 160 valence electrons. The number of aryl methyl sites for hydroxylation is 1. The van der Waals surface area contributed by atoms with Gasteiger partial charge in [0.25, 0.3) is 0 Å². The highest BCUT2D eigenvalue weighted by Gasteiger charge is 2.17. The van der Waals surface area contributed by atoms with E-state index < -0.39 is 0 Å². The highest BCUT2D eigenvalue weighted by atomic mass is 32.1. The van der Waals surface area contributed by atoms with E-state index in [4.69, 9.17) is 4.98 Å². The van der Waals surface area contributed by atoms with Crippen LogP contribution in [0.2, 0.25) is 0 Å². The van der Waals surface area contributed by atoms with Crippen molar-refractivity contribution in [2.75, 3.05) is 0 Å². The lowest BCUT2D eigenvalue weighted by Crippen LogP contribution is -2.10. The van der Waals surface area contributed by atoms with Crippen molar-refractivity contribution in [1.29, 1.82) is 0 Å². The molecular formula is C29H26FNS. The van der Waals surface area contributed by atoms with Gasteiger partial charge in [0, 0.05) is 37.5 Å². The largest absolute Gasteiger partial charge is 0.256 e. The fourth-order valence-corrected chi connectivity index (χ4v) is 5.47. The van der Waals surface area contributed by atoms with Gasteiger partial charge in [-0.2, -0.15) is 0 Å². The molecule has 0 atom stereocenters. The van der Waals surface area contributed by atoms with Crippen molar-refractivity contribution >= 4 is 31.5 Å². The predicted molar refractivity (Wildman–Crippen MR) is 136 cm³/mol. The van der Waals surface area contributed by atoms with E-state index in [1.54, 1.807) is 17.4 Å². The lowest BCUT2D eigenvalue weighted by molar-refractivity contribution is 0.410. The molecule has 0 bridgehead atoms. The molecule has 0 spiro atoms. The van der Waals surface area contributed by atoms with Gasteiger partial charge in [-0.3, -0.25) is 4.98 Å². The third kappa shape index (κ3) is 3.82. The van der Waals surface area contributed by atoms with Gasteiger partial charge in [-0.15, -0.1) is 11.3 Å². The molecule has 5 aromatic rings. The van der Waals surface area contributed by atoms with Crippen LogP contribution >= 0.6 is 11.3 Å². The summed E-state index contributed by atoms with van der Waals surface area (Å²) in [5.74, 6) is -0.185. The Kier molecular flexibility index (Phi) is 5.10. The molecule has 0 saturated heterocycles. The van der Waals surface area contributed by atoms with Crippen molar-refractivity contribution in [3.8, 4) is 22.4 Å². The number of thiophene rings is 1. The Morgan fingerprint density at radius 1 is 0.875 bits per heavy atom. The standard InChI is InChI=1S/C29H26FNS/c1-18-17-31-24(15-21(18)16-29(2,3)4)20-10-12-25-22(14-20)28-26(32-25)13-11-23(30)27(28)19-8-6-5-7-9-19/h5-15,17H,16H2,1-4H3. The van der Waals surface area contributed by atoms with Crippen molar-refractivity contribution in [1.82, 2.24) is 4.98 Å². The molecule has 0 aliphatic rings. The Balaban J connectivity index is 1.72. The smallest absolute Gasteiger partial charge is 0.131 e. The van der Waals surface area contributed by atoms with Crippen LogP contribution in [0.15, 0.2) is 72.9 Å². The van der Waals surface area contributed by atoms with Crippen LogP contribution in [-0.4, -0.2) is 4.98 Å². The number of aromatic nitrogens is 1. The summed E-state index contributed by atoms with van der Waals surface area (Å²) in [6.45, 7) is 8.91. The minimum Gasteiger partial charge on any atom is -0.256 e. The molecule has 2 aromatic heterocycles. The quantitative estimate of drug-likeness (QED) is 0.274. The summed E-state index contributed by atoms with van der Waals surface area (Å²) in [5.41, 5.74) is 6.37. The first-order valence-corrected chi connectivity index (χ1v) is 11.8. The molecule has 3 heteroatoms. The summed E-state index contributed by atoms with van der Waals surface area (Å²) < 4.78 is 17.3. The number of fused-ring (bicyclic) bond motifs is 3. The second kappa shape index (κ2) is 7.83. The fourth-order valence-electron chi connectivity index (χ4n) is 4.37. The minimum absolute atomic E-state index is 0.185. The summed E-state index contributed by atoms with van der Waals surface area (Å²) in [7, 11) is 0. The predicted octanol–water partition coefficient (Wildman–Crippen LogP) is 8.82. The third-order valence-corrected chi connectivity index (χ3v) is 7.01. The number of rotatable bonds is 3. The van der Waals surface area contributed by atoms with E-state index in [2.05, 4.69) is 52.0 Å². The molecule has 0 radical (unpaired) electrons. The van der Waals surface area contributed by atoms with Gasteiger partial charge < -0.3 is 0 Å². The number of halogens is 1. The van der Waals surface area contributed by atoms with Gasteiger partial charge in [0.15, 0.2) is 0 Å². The number of benzene rings is 3. The molecule has 3 aromatic carbocycles. The van der Waals surface area contributed by atoms with Gasteiger partial charge in [0.1, 0.15) is 5.82 Å². The highest BCUT2D eigenvalue weighted by Crippen LogP contribution is 2.42. The van der Waals surface area contributed by atoms with Crippen LogP contribution in [0.3, 0.4) is 0 Å². The Bertz CT molecular complexity index is 1440. The second-order valence-electron chi connectivity index (χ2n) is 9.71. The van der Waals surface area contributed by atoms with Gasteiger partial charge in [-0.05, 0) is 65.8 Å². The normalized spacial score (nSPS) is 12.0. The summed E-state index contributed by atoms with van der Waals surface area (Å²) in [6, 6.07) is 22.0. The molecule has 0 saturated carbocycles. The zero-order valence-electron chi connectivity index (χ0n) is 18.9. The van der Waals surface area contributed by atoms with E-state index in [1.165, 1.54) is 11.1 Å². The monoisotopic (exact) mass is 439 g/mol. The maximum atomic E-state index is 15.1. The first-order valence-electron chi connectivity index (χ1n) is 11.0. The topological polar surface area (TPSA) is 12.9 Å². The molecule has 0 aliphatic heterocycles. The maximum absolute atomic E-state index is 15.1. The first-order chi connectivity index (χ1) is 15.3. The molecular weight excluding hydrogens is 413 g/mol. The van der Waals surface area contributed by atoms with E-state index in [-0.39, 0.29) is 11.2 Å². The number of nitrogens with zero attached hydrogens (tertiary/aromatic N) is 1. The van der Waals surface area contributed by atoms with Crippen LogP contribution in [-0.2, 0) is 6.42 Å². The van der Waals surface area contributed by atoms with Crippen molar-refractivity contribution < 1.29 is 4.39 Å². The molecule has 0 aliphatic carbocycles. The second-order valence-corrected chi connectivity index (χ2v) is 10.8. The Morgan fingerprint density at radius 3 is 2.38 bits per heavy atom. The van der Waals surface area contributed by atoms with Crippen LogP contribution < -0.4 is 0 Å². The average Bonchev–Trinajstić information content (AvgIpc) is 3.13. The molecule has 2 heterocycles. The number of hydrogen-bond acceptors (Lipinski definition) is 2. The van der Waals surface area contributed by atoms with Crippen LogP contribution in [0, 0.1) is 18.2 Å². The van der Waals surface area contributed by atoms with E-state index in [1.807, 2.05) is 42.6 Å². The lowest BCUT2D eigenvalue weighted by Gasteiger charge is -2.20. The van der Waals surface area contributed by atoms with Crippen LogP contribution in [0.1, 0.15) is 31.9 Å². The molecule has 1 nitrogen and oxygen atoms in total. The lowest BCUT2D eigenvalue weighted by atomic mass is 9.86. The summed E-state index contributed by atoms with van der Waals surface area (Å²) in [5, 5.41) is 2.07. The highest BCUT2D eigenvalue weighted by molar-refractivity contribution is 7.26. The molecule has 0 unspecified atom stereocenters. The summed E-state index contributed by atoms with van der Waals surface area (Å²) in [4.78, 5) is 4.74. The van der Waals surface area contributed by atoms with Crippen molar-refractivity contribution in [2.24, 2.45) is 5.41 Å². The Labute approximate surface area is 192 Å². The minimum atomic E-state index is -0.185. The van der Waals surface area contributed by atoms with Gasteiger partial charge in [0.2, 0.25) is 0 Å². The Morgan fingerprint density at radius 2 is 1.62 bits per heavy atom. The van der Waals surface area contributed by atoms with Crippen LogP contribution in [0.4, 0.5) is 4.39 Å².